The SMILES string of the molecule is CC(C)(C)Nc1ncc2nc(Nc3ccc(C(F)(F)F)cc3)n(C3CCC(C#N)CC3)c2n1. The van der Waals surface area contributed by atoms with Crippen molar-refractivity contribution in [3.8, 4) is 6.07 Å². The molecule has 0 unspecified atom stereocenters. The van der Waals surface area contributed by atoms with Gasteiger partial charge in [-0.05, 0) is 70.7 Å². The molecule has 0 aliphatic heterocycles. The van der Waals surface area contributed by atoms with Gasteiger partial charge in [0.05, 0.1) is 17.8 Å². The van der Waals surface area contributed by atoms with Crippen LogP contribution in [0.3, 0.4) is 0 Å². The molecule has 3 aromatic rings. The van der Waals surface area contributed by atoms with E-state index in [1.54, 1.807) is 6.20 Å². The molecule has 0 spiro atoms. The van der Waals surface area contributed by atoms with Crippen LogP contribution in [-0.4, -0.2) is 25.1 Å². The van der Waals surface area contributed by atoms with Crippen LogP contribution in [0.2, 0.25) is 0 Å². The van der Waals surface area contributed by atoms with E-state index in [0.29, 0.717) is 28.7 Å². The molecule has 4 rings (SSSR count). The number of halogens is 3. The van der Waals surface area contributed by atoms with Crippen molar-refractivity contribution in [2.45, 2.75) is 64.2 Å². The summed E-state index contributed by atoms with van der Waals surface area (Å²) < 4.78 is 40.8. The van der Waals surface area contributed by atoms with Crippen LogP contribution in [0.4, 0.5) is 30.8 Å². The molecule has 1 aliphatic rings. The van der Waals surface area contributed by atoms with E-state index in [9.17, 15) is 18.4 Å². The van der Waals surface area contributed by atoms with E-state index >= 15 is 0 Å². The fourth-order valence-corrected chi connectivity index (χ4v) is 4.06. The van der Waals surface area contributed by atoms with Gasteiger partial charge in [0.1, 0.15) is 5.52 Å². The number of aromatic nitrogens is 4. The van der Waals surface area contributed by atoms with Crippen LogP contribution in [0.25, 0.3) is 11.2 Å². The lowest BCUT2D eigenvalue weighted by atomic mass is 9.87. The third-order valence-corrected chi connectivity index (χ3v) is 5.63. The van der Waals surface area contributed by atoms with E-state index in [2.05, 4.69) is 26.7 Å². The van der Waals surface area contributed by atoms with Crippen molar-refractivity contribution in [2.75, 3.05) is 10.6 Å². The number of nitrogens with zero attached hydrogens (tertiary/aromatic N) is 5. The van der Waals surface area contributed by atoms with Crippen LogP contribution < -0.4 is 10.6 Å². The van der Waals surface area contributed by atoms with Crippen LogP contribution in [0, 0.1) is 17.2 Å². The predicted octanol–water partition coefficient (Wildman–Crippen LogP) is 6.05. The van der Waals surface area contributed by atoms with E-state index in [1.807, 2.05) is 25.3 Å². The summed E-state index contributed by atoms with van der Waals surface area (Å²) >= 11 is 0. The Hall–Kier alpha value is -3.35. The van der Waals surface area contributed by atoms with Gasteiger partial charge in [-0.15, -0.1) is 0 Å². The number of nitriles is 1. The highest BCUT2D eigenvalue weighted by molar-refractivity contribution is 5.76. The number of nitrogens with one attached hydrogen (secondary N) is 2. The van der Waals surface area contributed by atoms with Crippen LogP contribution in [0.15, 0.2) is 30.5 Å². The Morgan fingerprint density at radius 3 is 2.27 bits per heavy atom. The number of hydrogen-bond acceptors (Lipinski definition) is 6. The van der Waals surface area contributed by atoms with Crippen molar-refractivity contribution in [3.63, 3.8) is 0 Å². The highest BCUT2D eigenvalue weighted by Gasteiger charge is 2.30. The predicted molar refractivity (Wildman–Crippen MR) is 120 cm³/mol. The molecule has 1 fully saturated rings. The normalized spacial score (nSPS) is 19.3. The maximum Gasteiger partial charge on any atom is 0.416 e. The first-order valence-electron chi connectivity index (χ1n) is 10.9. The second-order valence-corrected chi connectivity index (χ2v) is 9.42. The summed E-state index contributed by atoms with van der Waals surface area (Å²) in [6, 6.07) is 7.26. The minimum Gasteiger partial charge on any atom is -0.350 e. The molecule has 1 aromatic carbocycles. The van der Waals surface area contributed by atoms with Gasteiger partial charge < -0.3 is 10.6 Å². The van der Waals surface area contributed by atoms with Crippen LogP contribution in [0.1, 0.15) is 58.1 Å². The smallest absolute Gasteiger partial charge is 0.350 e. The molecule has 2 aromatic heterocycles. The number of hydrogen-bond donors (Lipinski definition) is 2. The van der Waals surface area contributed by atoms with Crippen molar-refractivity contribution in [1.29, 1.82) is 5.26 Å². The van der Waals surface area contributed by atoms with Gasteiger partial charge >= 0.3 is 6.18 Å². The average Bonchev–Trinajstić information content (AvgIpc) is 3.09. The molecule has 0 amide bonds. The maximum absolute atomic E-state index is 12.9. The summed E-state index contributed by atoms with van der Waals surface area (Å²) in [5.41, 5.74) is 0.786. The lowest BCUT2D eigenvalue weighted by Crippen LogP contribution is -2.27. The Morgan fingerprint density at radius 1 is 1.03 bits per heavy atom. The zero-order chi connectivity index (χ0) is 23.8. The third kappa shape index (κ3) is 5.18. The molecule has 2 heterocycles. The highest BCUT2D eigenvalue weighted by atomic mass is 19.4. The average molecular weight is 458 g/mol. The Labute approximate surface area is 190 Å². The minimum atomic E-state index is -4.39. The first kappa shape index (κ1) is 22.8. The largest absolute Gasteiger partial charge is 0.416 e. The van der Waals surface area contributed by atoms with E-state index in [-0.39, 0.29) is 17.5 Å². The molecule has 2 N–H and O–H groups in total. The van der Waals surface area contributed by atoms with E-state index < -0.39 is 11.7 Å². The first-order valence-corrected chi connectivity index (χ1v) is 10.9. The number of alkyl halides is 3. The van der Waals surface area contributed by atoms with Crippen molar-refractivity contribution in [2.24, 2.45) is 5.92 Å². The maximum atomic E-state index is 12.9. The Bertz CT molecular complexity index is 1160. The number of rotatable bonds is 4. The van der Waals surface area contributed by atoms with Crippen molar-refractivity contribution in [1.82, 2.24) is 19.5 Å². The van der Waals surface area contributed by atoms with Gasteiger partial charge in [0.15, 0.2) is 5.65 Å². The van der Waals surface area contributed by atoms with E-state index in [1.165, 1.54) is 12.1 Å². The highest BCUT2D eigenvalue weighted by Crippen LogP contribution is 2.37. The Kier molecular flexibility index (Phi) is 5.91. The number of anilines is 3. The second kappa shape index (κ2) is 8.54. The van der Waals surface area contributed by atoms with Gasteiger partial charge in [0.25, 0.3) is 0 Å². The number of fused-ring (bicyclic) bond motifs is 1. The summed E-state index contributed by atoms with van der Waals surface area (Å²) in [5.74, 6) is 1.01. The van der Waals surface area contributed by atoms with Crippen LogP contribution >= 0.6 is 0 Å². The summed E-state index contributed by atoms with van der Waals surface area (Å²) in [4.78, 5) is 13.7. The number of benzene rings is 1. The molecular formula is C23H26F3N7. The molecule has 0 saturated heterocycles. The summed E-state index contributed by atoms with van der Waals surface area (Å²) in [7, 11) is 0. The standard InChI is InChI=1S/C23H26F3N7/c1-22(2,3)32-20-28-13-18-19(31-20)33(17-10-4-14(12-27)5-11-17)21(30-18)29-16-8-6-15(7-9-16)23(24,25)26/h6-9,13-14,17H,4-5,10-11H2,1-3H3,(H,29,30)(H,28,31,32). The lowest BCUT2D eigenvalue weighted by Gasteiger charge is -2.27. The molecule has 7 nitrogen and oxygen atoms in total. The summed E-state index contributed by atoms with van der Waals surface area (Å²) in [6.07, 6.45) is 0.384. The lowest BCUT2D eigenvalue weighted by molar-refractivity contribution is -0.137. The number of imidazole rings is 1. The van der Waals surface area contributed by atoms with Gasteiger partial charge in [-0.3, -0.25) is 4.57 Å². The molecule has 0 radical (unpaired) electrons. The monoisotopic (exact) mass is 457 g/mol. The fraction of sp³-hybridized carbons (Fsp3) is 0.478. The topological polar surface area (TPSA) is 91.5 Å². The minimum absolute atomic E-state index is 0.0371. The van der Waals surface area contributed by atoms with Gasteiger partial charge in [-0.2, -0.15) is 23.4 Å². The van der Waals surface area contributed by atoms with E-state index in [4.69, 9.17) is 4.98 Å². The molecule has 0 atom stereocenters. The van der Waals surface area contributed by atoms with Crippen molar-refractivity contribution >= 4 is 28.7 Å². The van der Waals surface area contributed by atoms with Crippen molar-refractivity contribution in [3.05, 3.63) is 36.0 Å². The molecule has 174 valence electrons. The third-order valence-electron chi connectivity index (χ3n) is 5.63. The molecule has 10 heteroatoms. The first-order chi connectivity index (χ1) is 15.5. The van der Waals surface area contributed by atoms with Gasteiger partial charge in [0.2, 0.25) is 11.9 Å². The molecule has 33 heavy (non-hydrogen) atoms. The van der Waals surface area contributed by atoms with Gasteiger partial charge in [-0.25, -0.2) is 9.97 Å². The summed E-state index contributed by atoms with van der Waals surface area (Å²) in [6.45, 7) is 6.04. The summed E-state index contributed by atoms with van der Waals surface area (Å²) in [5, 5.41) is 15.7. The zero-order valence-electron chi connectivity index (χ0n) is 18.7. The molecule has 1 saturated carbocycles. The second-order valence-electron chi connectivity index (χ2n) is 9.42. The van der Waals surface area contributed by atoms with Crippen LogP contribution in [0.5, 0.6) is 0 Å². The van der Waals surface area contributed by atoms with E-state index in [0.717, 1.165) is 37.8 Å². The molecule has 0 bridgehead atoms. The van der Waals surface area contributed by atoms with Crippen LogP contribution in [-0.2, 0) is 6.18 Å². The quantitative estimate of drug-likeness (QED) is 0.495. The zero-order valence-corrected chi connectivity index (χ0v) is 18.7. The Morgan fingerprint density at radius 2 is 1.70 bits per heavy atom. The van der Waals surface area contributed by atoms with Gasteiger partial charge in [-0.1, -0.05) is 0 Å². The Balaban J connectivity index is 1.72. The fourth-order valence-electron chi connectivity index (χ4n) is 4.06. The molecule has 1 aliphatic carbocycles. The van der Waals surface area contributed by atoms with Crippen molar-refractivity contribution < 1.29 is 13.2 Å². The van der Waals surface area contributed by atoms with Gasteiger partial charge in [0, 0.05) is 23.2 Å². The molecular weight excluding hydrogens is 431 g/mol.